The van der Waals surface area contributed by atoms with Gasteiger partial charge in [-0.05, 0) is 111 Å². The van der Waals surface area contributed by atoms with Crippen molar-refractivity contribution in [1.82, 2.24) is 15.2 Å². The van der Waals surface area contributed by atoms with Crippen LogP contribution in [0.3, 0.4) is 0 Å². The van der Waals surface area contributed by atoms with E-state index in [2.05, 4.69) is 20.5 Å². The quantitative estimate of drug-likeness (QED) is 0.173. The fourth-order valence-corrected chi connectivity index (χ4v) is 6.98. The molecule has 276 valence electrons. The second-order valence-electron chi connectivity index (χ2n) is 13.8. The summed E-state index contributed by atoms with van der Waals surface area (Å²) in [6.45, 7) is 4.34. The van der Waals surface area contributed by atoms with Crippen molar-refractivity contribution in [3.05, 3.63) is 113 Å². The minimum Gasteiger partial charge on any atom is -0.372 e. The fraction of sp³-hybridized carbons (Fsp3) is 0.341. The molecule has 2 saturated heterocycles. The summed E-state index contributed by atoms with van der Waals surface area (Å²) >= 11 is 0. The minimum atomic E-state index is -4.49. The number of rotatable bonds is 10. The van der Waals surface area contributed by atoms with E-state index in [-0.39, 0.29) is 29.7 Å². The number of carbonyl (C=O) groups excluding carboxylic acids is 4. The number of nitrogens with zero attached hydrogens (tertiary/aromatic N) is 3. The van der Waals surface area contributed by atoms with Gasteiger partial charge in [0.1, 0.15) is 5.78 Å². The number of likely N-dealkylation sites (tertiary alicyclic amines) is 1. The highest BCUT2D eigenvalue weighted by molar-refractivity contribution is 6.08. The molecule has 2 fully saturated rings. The van der Waals surface area contributed by atoms with Crippen molar-refractivity contribution in [3.63, 3.8) is 0 Å². The largest absolute Gasteiger partial charge is 0.416 e. The Morgan fingerprint density at radius 2 is 1.51 bits per heavy atom. The molecule has 0 atom stereocenters. The molecule has 0 unspecified atom stereocenters. The molecular formula is C41H42F3N5O4. The molecule has 3 amide bonds. The van der Waals surface area contributed by atoms with Crippen LogP contribution in [0.4, 0.5) is 24.5 Å². The zero-order valence-corrected chi connectivity index (χ0v) is 29.5. The number of anilines is 2. The number of ketones is 1. The van der Waals surface area contributed by atoms with E-state index in [1.165, 1.54) is 24.4 Å². The number of amides is 3. The number of aromatic nitrogens is 1. The van der Waals surface area contributed by atoms with Gasteiger partial charge in [0.15, 0.2) is 0 Å². The van der Waals surface area contributed by atoms with Crippen molar-refractivity contribution in [3.8, 4) is 11.3 Å². The Labute approximate surface area is 306 Å². The molecule has 0 bridgehead atoms. The van der Waals surface area contributed by atoms with Crippen LogP contribution in [0.5, 0.6) is 0 Å². The van der Waals surface area contributed by atoms with E-state index in [9.17, 15) is 32.3 Å². The van der Waals surface area contributed by atoms with E-state index in [0.29, 0.717) is 53.1 Å². The number of Topliss-reactive ketones (excluding diaryl/α,β-unsaturated/α-hetero) is 1. The molecule has 4 aromatic rings. The third-order valence-electron chi connectivity index (χ3n) is 9.83. The van der Waals surface area contributed by atoms with Crippen LogP contribution in [0.2, 0.25) is 0 Å². The summed E-state index contributed by atoms with van der Waals surface area (Å²) in [5.41, 5.74) is 2.85. The molecule has 53 heavy (non-hydrogen) atoms. The molecule has 6 rings (SSSR count). The van der Waals surface area contributed by atoms with Crippen LogP contribution in [0.25, 0.3) is 11.3 Å². The second-order valence-corrected chi connectivity index (χ2v) is 13.8. The van der Waals surface area contributed by atoms with E-state index in [0.717, 1.165) is 63.0 Å². The lowest BCUT2D eigenvalue weighted by Crippen LogP contribution is -2.38. The predicted octanol–water partition coefficient (Wildman–Crippen LogP) is 7.77. The summed E-state index contributed by atoms with van der Waals surface area (Å²) in [7, 11) is 0. The van der Waals surface area contributed by atoms with Gasteiger partial charge in [0, 0.05) is 73.3 Å². The van der Waals surface area contributed by atoms with E-state index >= 15 is 0 Å². The summed E-state index contributed by atoms with van der Waals surface area (Å²) in [5, 5.41) is 5.69. The first-order chi connectivity index (χ1) is 25.4. The summed E-state index contributed by atoms with van der Waals surface area (Å²) in [5.74, 6) is -0.660. The van der Waals surface area contributed by atoms with E-state index in [1.54, 1.807) is 48.2 Å². The maximum atomic E-state index is 13.7. The summed E-state index contributed by atoms with van der Waals surface area (Å²) in [6.07, 6.45) is 2.28. The molecular weight excluding hydrogens is 683 g/mol. The van der Waals surface area contributed by atoms with Gasteiger partial charge in [-0.3, -0.25) is 19.4 Å². The average molecular weight is 726 g/mol. The van der Waals surface area contributed by atoms with Crippen LogP contribution in [0.1, 0.15) is 87.6 Å². The lowest BCUT2D eigenvalue weighted by Gasteiger charge is -2.31. The normalized spacial score (nSPS) is 15.2. The Morgan fingerprint density at radius 1 is 0.792 bits per heavy atom. The first-order valence-corrected chi connectivity index (χ1v) is 17.9. The van der Waals surface area contributed by atoms with E-state index in [4.69, 9.17) is 0 Å². The van der Waals surface area contributed by atoms with Crippen LogP contribution in [0.15, 0.2) is 85.1 Å². The number of nitrogens with one attached hydrogen (secondary N) is 2. The highest BCUT2D eigenvalue weighted by Crippen LogP contribution is 2.34. The highest BCUT2D eigenvalue weighted by Gasteiger charge is 2.30. The number of halogens is 3. The van der Waals surface area contributed by atoms with Crippen LogP contribution >= 0.6 is 0 Å². The molecule has 12 heteroatoms. The number of hydrogen-bond acceptors (Lipinski definition) is 6. The van der Waals surface area contributed by atoms with Crippen molar-refractivity contribution in [1.29, 1.82) is 0 Å². The van der Waals surface area contributed by atoms with Gasteiger partial charge in [-0.25, -0.2) is 0 Å². The second kappa shape index (κ2) is 16.4. The van der Waals surface area contributed by atoms with Crippen LogP contribution in [0, 0.1) is 5.92 Å². The number of pyridine rings is 1. The highest BCUT2D eigenvalue weighted by atomic mass is 19.4. The topological polar surface area (TPSA) is 112 Å². The average Bonchev–Trinajstić information content (AvgIpc) is 3.17. The molecule has 2 aliphatic rings. The lowest BCUT2D eigenvalue weighted by molar-refractivity contribution is -0.137. The fourth-order valence-electron chi connectivity index (χ4n) is 6.98. The first-order valence-electron chi connectivity index (χ1n) is 17.9. The number of alkyl halides is 3. The van der Waals surface area contributed by atoms with Gasteiger partial charge in [0.25, 0.3) is 17.7 Å². The summed E-state index contributed by atoms with van der Waals surface area (Å²) < 4.78 is 39.6. The number of carbonyl (C=O) groups is 4. The van der Waals surface area contributed by atoms with E-state index in [1.807, 2.05) is 12.1 Å². The zero-order valence-electron chi connectivity index (χ0n) is 29.5. The summed E-state index contributed by atoms with van der Waals surface area (Å²) in [4.78, 5) is 60.5. The van der Waals surface area contributed by atoms with Gasteiger partial charge >= 0.3 is 6.18 Å². The maximum Gasteiger partial charge on any atom is 0.416 e. The minimum absolute atomic E-state index is 0.105. The van der Waals surface area contributed by atoms with Crippen molar-refractivity contribution in [2.75, 3.05) is 36.4 Å². The molecule has 3 heterocycles. The molecule has 9 nitrogen and oxygen atoms in total. The smallest absolute Gasteiger partial charge is 0.372 e. The molecule has 2 aliphatic heterocycles. The first kappa shape index (κ1) is 37.2. The molecule has 1 aromatic heterocycles. The number of benzene rings is 3. The SMILES string of the molecule is CC(=O)CC1CCN(C(=O)c2cccc(C(=O)Nc3ccc(N4CCCCC4)cc3-c3cc(C(=O)NCc4cccc(C(F)(F)F)c4)ccn3)c2)CC1. The number of piperidine rings is 2. The Balaban J connectivity index is 1.21. The van der Waals surface area contributed by atoms with Gasteiger partial charge in [0.05, 0.1) is 16.9 Å². The third-order valence-corrected chi connectivity index (χ3v) is 9.83. The van der Waals surface area contributed by atoms with Crippen LogP contribution < -0.4 is 15.5 Å². The Kier molecular flexibility index (Phi) is 11.6. The van der Waals surface area contributed by atoms with Crippen LogP contribution in [-0.2, 0) is 17.5 Å². The molecule has 3 aromatic carbocycles. The maximum absolute atomic E-state index is 13.7. The van der Waals surface area contributed by atoms with Crippen molar-refractivity contribution >= 4 is 34.9 Å². The van der Waals surface area contributed by atoms with Crippen molar-refractivity contribution < 1.29 is 32.3 Å². The predicted molar refractivity (Wildman–Crippen MR) is 197 cm³/mol. The van der Waals surface area contributed by atoms with Gasteiger partial charge in [-0.1, -0.05) is 18.2 Å². The van der Waals surface area contributed by atoms with Gasteiger partial charge < -0.3 is 25.2 Å². The summed E-state index contributed by atoms with van der Waals surface area (Å²) in [6, 6.07) is 20.2. The molecule has 0 saturated carbocycles. The van der Waals surface area contributed by atoms with Crippen molar-refractivity contribution in [2.45, 2.75) is 58.2 Å². The standard InChI is InChI=1S/C41H42F3N5O4/c1-27(50)21-28-14-19-49(20-15-28)40(53)32-9-6-8-30(23-32)39(52)47-36-12-11-34(48-17-3-2-4-18-48)25-35(36)37-24-31(13-16-45-37)38(51)46-26-29-7-5-10-33(22-29)41(42,43)44/h5-13,16,22-25,28H,2-4,14-15,17-21,26H2,1H3,(H,46,51)(H,47,52). The molecule has 2 N–H and O–H groups in total. The zero-order chi connectivity index (χ0) is 37.5. The third kappa shape index (κ3) is 9.48. The number of hydrogen-bond donors (Lipinski definition) is 2. The Hall–Kier alpha value is -5.52. The monoisotopic (exact) mass is 725 g/mol. The van der Waals surface area contributed by atoms with Crippen LogP contribution in [-0.4, -0.2) is 59.6 Å². The molecule has 0 aliphatic carbocycles. The van der Waals surface area contributed by atoms with Gasteiger partial charge in [0.2, 0.25) is 0 Å². The van der Waals surface area contributed by atoms with Gasteiger partial charge in [-0.15, -0.1) is 0 Å². The van der Waals surface area contributed by atoms with Crippen molar-refractivity contribution in [2.24, 2.45) is 5.92 Å². The molecule has 0 radical (unpaired) electrons. The Bertz CT molecular complexity index is 1980. The van der Waals surface area contributed by atoms with E-state index < -0.39 is 23.6 Å². The molecule has 0 spiro atoms. The van der Waals surface area contributed by atoms with Gasteiger partial charge in [-0.2, -0.15) is 13.2 Å². The lowest BCUT2D eigenvalue weighted by atomic mass is 9.91. The Morgan fingerprint density at radius 3 is 2.25 bits per heavy atom.